The van der Waals surface area contributed by atoms with E-state index < -0.39 is 16.5 Å². The lowest BCUT2D eigenvalue weighted by Crippen LogP contribution is -2.24. The molecule has 0 aromatic carbocycles. The average molecular weight is 189 g/mol. The molecule has 0 saturated carbocycles. The molecule has 0 heterocycles. The van der Waals surface area contributed by atoms with Crippen LogP contribution in [0.5, 0.6) is 0 Å². The van der Waals surface area contributed by atoms with E-state index in [0.29, 0.717) is 0 Å². The van der Waals surface area contributed by atoms with E-state index in [0.717, 1.165) is 6.92 Å². The Bertz CT molecular complexity index is 162. The van der Waals surface area contributed by atoms with E-state index in [9.17, 15) is 14.0 Å². The molecule has 0 amide bonds. The van der Waals surface area contributed by atoms with Crippen molar-refractivity contribution in [1.29, 1.82) is 0 Å². The third-order valence-corrected chi connectivity index (χ3v) is 0.776. The first-order chi connectivity index (χ1) is 4.34. The van der Waals surface area contributed by atoms with Gasteiger partial charge in [0.2, 0.25) is 0 Å². The third-order valence-electron chi connectivity index (χ3n) is 0.468. The molecule has 0 aliphatic rings. The summed E-state index contributed by atoms with van der Waals surface area (Å²) < 4.78 is 12.6. The topological polar surface area (TPSA) is 43.4 Å². The molecule has 0 aliphatic carbocycles. The van der Waals surface area contributed by atoms with Gasteiger partial charge in [-0.3, -0.25) is 4.79 Å². The van der Waals surface area contributed by atoms with Gasteiger partial charge in [-0.15, -0.1) is 0 Å². The molecule has 58 valence electrons. The summed E-state index contributed by atoms with van der Waals surface area (Å²) in [6, 6.07) is 0. The summed E-state index contributed by atoms with van der Waals surface area (Å²) >= 11 is 9.20. The second-order valence-electron chi connectivity index (χ2n) is 1.38. The molecule has 0 atom stereocenters. The van der Waals surface area contributed by atoms with E-state index in [1.165, 1.54) is 0 Å². The van der Waals surface area contributed by atoms with Crippen molar-refractivity contribution in [2.24, 2.45) is 0 Å². The molecule has 0 aromatic heterocycles. The first-order valence-electron chi connectivity index (χ1n) is 2.13. The Kier molecular flexibility index (Phi) is 3.05. The average Bonchev–Trinajstić information content (AvgIpc) is 1.60. The summed E-state index contributed by atoms with van der Waals surface area (Å²) in [4.78, 5) is 20.2. The predicted octanol–water partition coefficient (Wildman–Crippen LogP) is 1.18. The Hall–Kier alpha value is -0.350. The van der Waals surface area contributed by atoms with Gasteiger partial charge in [-0.05, 0) is 0 Å². The second-order valence-corrected chi connectivity index (χ2v) is 2.61. The molecule has 3 nitrogen and oxygen atoms in total. The highest BCUT2D eigenvalue weighted by molar-refractivity contribution is 6.56. The van der Waals surface area contributed by atoms with Gasteiger partial charge in [-0.2, -0.15) is 4.39 Å². The Balaban J connectivity index is 3.99. The van der Waals surface area contributed by atoms with Crippen LogP contribution in [0.1, 0.15) is 6.92 Å². The molecule has 0 unspecified atom stereocenters. The van der Waals surface area contributed by atoms with Crippen LogP contribution in [0.4, 0.5) is 4.39 Å². The minimum Gasteiger partial charge on any atom is -0.389 e. The van der Waals surface area contributed by atoms with Crippen molar-refractivity contribution in [3.05, 3.63) is 0 Å². The van der Waals surface area contributed by atoms with Crippen LogP contribution >= 0.6 is 23.2 Å². The van der Waals surface area contributed by atoms with Crippen LogP contribution in [0.3, 0.4) is 0 Å². The summed E-state index contributed by atoms with van der Waals surface area (Å²) in [7, 11) is 0. The van der Waals surface area contributed by atoms with Crippen molar-refractivity contribution >= 4 is 35.1 Å². The highest BCUT2D eigenvalue weighted by atomic mass is 35.5. The van der Waals surface area contributed by atoms with Gasteiger partial charge in [0.05, 0.1) is 0 Å². The minimum absolute atomic E-state index is 0.928. The minimum atomic E-state index is -3.15. The lowest BCUT2D eigenvalue weighted by Gasteiger charge is -2.04. The molecule has 0 aliphatic heterocycles. The maximum atomic E-state index is 12.0. The zero-order valence-electron chi connectivity index (χ0n) is 4.86. The standard InChI is InChI=1S/C4H3Cl2FO3/c1-2(8)10-3(9)4(5,6)7/h1H3. The first kappa shape index (κ1) is 9.65. The van der Waals surface area contributed by atoms with Crippen LogP contribution in [0, 0.1) is 0 Å². The number of halogens is 3. The van der Waals surface area contributed by atoms with Crippen LogP contribution in [0.25, 0.3) is 0 Å². The van der Waals surface area contributed by atoms with Gasteiger partial charge in [-0.25, -0.2) is 4.79 Å². The van der Waals surface area contributed by atoms with Crippen LogP contribution < -0.4 is 0 Å². The smallest absolute Gasteiger partial charge is 0.383 e. The molecule has 0 rings (SSSR count). The number of ether oxygens (including phenoxy) is 1. The Morgan fingerprint density at radius 2 is 1.90 bits per heavy atom. The highest BCUT2D eigenvalue weighted by Crippen LogP contribution is 2.23. The second kappa shape index (κ2) is 3.16. The van der Waals surface area contributed by atoms with Gasteiger partial charge >= 0.3 is 16.5 Å². The van der Waals surface area contributed by atoms with Crippen molar-refractivity contribution in [1.82, 2.24) is 0 Å². The van der Waals surface area contributed by atoms with Crippen LogP contribution in [-0.4, -0.2) is 16.5 Å². The number of rotatable bonds is 1. The molecule has 0 N–H and O–H groups in total. The van der Waals surface area contributed by atoms with Crippen LogP contribution in [0.15, 0.2) is 0 Å². The number of alkyl halides is 3. The van der Waals surface area contributed by atoms with Gasteiger partial charge in [-0.1, -0.05) is 23.2 Å². The SMILES string of the molecule is CC(=O)OC(=O)C(F)(Cl)Cl. The number of carbonyl (C=O) groups excluding carboxylic acids is 2. The van der Waals surface area contributed by atoms with Gasteiger partial charge in [0, 0.05) is 6.92 Å². The van der Waals surface area contributed by atoms with Crippen molar-refractivity contribution in [3.8, 4) is 0 Å². The number of carbonyl (C=O) groups is 2. The lowest BCUT2D eigenvalue weighted by molar-refractivity contribution is -0.161. The predicted molar refractivity (Wildman–Crippen MR) is 32.3 cm³/mol. The zero-order chi connectivity index (χ0) is 8.36. The van der Waals surface area contributed by atoms with Crippen molar-refractivity contribution in [2.75, 3.05) is 0 Å². The molecule has 0 aromatic rings. The number of esters is 2. The zero-order valence-corrected chi connectivity index (χ0v) is 6.37. The molecule has 0 radical (unpaired) electrons. The fourth-order valence-corrected chi connectivity index (χ4v) is 0.266. The maximum Gasteiger partial charge on any atom is 0.383 e. The lowest BCUT2D eigenvalue weighted by atomic mass is 10.7. The maximum absolute atomic E-state index is 12.0. The monoisotopic (exact) mass is 188 g/mol. The fraction of sp³-hybridized carbons (Fsp3) is 0.500. The molecule has 6 heteroatoms. The van der Waals surface area contributed by atoms with E-state index in [1.54, 1.807) is 0 Å². The summed E-state index contributed by atoms with van der Waals surface area (Å²) in [6.45, 7) is 0.928. The van der Waals surface area contributed by atoms with E-state index in [2.05, 4.69) is 27.9 Å². The normalized spacial score (nSPS) is 10.8. The Morgan fingerprint density at radius 3 is 2.00 bits per heavy atom. The van der Waals surface area contributed by atoms with E-state index >= 15 is 0 Å². The van der Waals surface area contributed by atoms with Gasteiger partial charge in [0.25, 0.3) is 0 Å². The van der Waals surface area contributed by atoms with Crippen LogP contribution in [0.2, 0.25) is 0 Å². The quantitative estimate of drug-likeness (QED) is 0.353. The molecule has 0 bridgehead atoms. The van der Waals surface area contributed by atoms with E-state index in [-0.39, 0.29) is 0 Å². The van der Waals surface area contributed by atoms with Gasteiger partial charge < -0.3 is 4.74 Å². The van der Waals surface area contributed by atoms with Crippen molar-refractivity contribution < 1.29 is 18.7 Å². The van der Waals surface area contributed by atoms with Crippen molar-refractivity contribution in [3.63, 3.8) is 0 Å². The molecule has 0 fully saturated rings. The van der Waals surface area contributed by atoms with Gasteiger partial charge in [0.1, 0.15) is 0 Å². The van der Waals surface area contributed by atoms with Crippen LogP contribution in [-0.2, 0) is 14.3 Å². The summed E-state index contributed by atoms with van der Waals surface area (Å²) in [6.07, 6.45) is 0. The fourth-order valence-electron chi connectivity index (χ4n) is 0.188. The summed E-state index contributed by atoms with van der Waals surface area (Å²) in [5.74, 6) is -2.59. The largest absolute Gasteiger partial charge is 0.389 e. The molecule has 0 saturated heterocycles. The van der Waals surface area contributed by atoms with Gasteiger partial charge in [0.15, 0.2) is 0 Å². The first-order valence-corrected chi connectivity index (χ1v) is 2.89. The third kappa shape index (κ3) is 3.63. The van der Waals surface area contributed by atoms with Crippen molar-refractivity contribution in [2.45, 2.75) is 11.5 Å². The van der Waals surface area contributed by atoms with E-state index in [1.807, 2.05) is 0 Å². The Labute approximate surface area is 66.0 Å². The molecule has 10 heavy (non-hydrogen) atoms. The van der Waals surface area contributed by atoms with E-state index in [4.69, 9.17) is 0 Å². The molecular formula is C4H3Cl2FO3. The highest BCUT2D eigenvalue weighted by Gasteiger charge is 2.36. The number of hydrogen-bond acceptors (Lipinski definition) is 3. The number of hydrogen-bond donors (Lipinski definition) is 0. The Morgan fingerprint density at radius 1 is 1.50 bits per heavy atom. The molecule has 0 spiro atoms. The summed E-state index contributed by atoms with van der Waals surface area (Å²) in [5.41, 5.74) is 0. The molecular weight excluding hydrogens is 186 g/mol. The summed E-state index contributed by atoms with van der Waals surface area (Å²) in [5, 5.41) is 0.